The molecule has 1 heterocycles. The van der Waals surface area contributed by atoms with E-state index in [-0.39, 0.29) is 5.56 Å². The number of benzene rings is 2. The van der Waals surface area contributed by atoms with Gasteiger partial charge in [0.2, 0.25) is 0 Å². The van der Waals surface area contributed by atoms with E-state index >= 15 is 0 Å². The van der Waals surface area contributed by atoms with Crippen molar-refractivity contribution in [1.29, 1.82) is 0 Å². The van der Waals surface area contributed by atoms with Gasteiger partial charge in [-0.25, -0.2) is 9.78 Å². The molecule has 0 radical (unpaired) electrons. The lowest BCUT2D eigenvalue weighted by Gasteiger charge is -1.99. The monoisotopic (exact) mass is 287 g/mol. The summed E-state index contributed by atoms with van der Waals surface area (Å²) in [4.78, 5) is 15.4. The standard InChI is InChI=1S/C15H10ClNO3/c16-11-6-2-1-4-9(11)8-13-17-12-7-3-5-10(15(18)19)14(12)20-13/h1-7H,8H2,(H,18,19). The van der Waals surface area contributed by atoms with E-state index in [1.165, 1.54) is 6.07 Å². The maximum absolute atomic E-state index is 11.1. The molecule has 0 saturated carbocycles. The maximum atomic E-state index is 11.1. The molecule has 0 fully saturated rings. The van der Waals surface area contributed by atoms with E-state index in [9.17, 15) is 4.79 Å². The number of oxazole rings is 1. The molecule has 0 aliphatic heterocycles. The SMILES string of the molecule is O=C(O)c1cccc2nc(Cc3ccccc3Cl)oc12. The van der Waals surface area contributed by atoms with Gasteiger partial charge in [-0.2, -0.15) is 0 Å². The van der Waals surface area contributed by atoms with Crippen LogP contribution in [0.3, 0.4) is 0 Å². The van der Waals surface area contributed by atoms with Crippen molar-refractivity contribution in [3.63, 3.8) is 0 Å². The lowest BCUT2D eigenvalue weighted by Crippen LogP contribution is -1.95. The van der Waals surface area contributed by atoms with Gasteiger partial charge in [0.15, 0.2) is 11.5 Å². The zero-order chi connectivity index (χ0) is 14.1. The molecule has 20 heavy (non-hydrogen) atoms. The minimum absolute atomic E-state index is 0.111. The number of carboxylic acids is 1. The van der Waals surface area contributed by atoms with Gasteiger partial charge in [0, 0.05) is 5.02 Å². The first kappa shape index (κ1) is 12.7. The lowest BCUT2D eigenvalue weighted by molar-refractivity contribution is 0.0698. The number of hydrogen-bond acceptors (Lipinski definition) is 3. The summed E-state index contributed by atoms with van der Waals surface area (Å²) >= 11 is 6.09. The van der Waals surface area contributed by atoms with Crippen LogP contribution >= 0.6 is 11.6 Å². The second-order valence-corrected chi connectivity index (χ2v) is 4.74. The molecule has 2 aromatic carbocycles. The van der Waals surface area contributed by atoms with Crippen molar-refractivity contribution >= 4 is 28.7 Å². The van der Waals surface area contributed by atoms with Crippen LogP contribution in [0, 0.1) is 0 Å². The fraction of sp³-hybridized carbons (Fsp3) is 0.0667. The van der Waals surface area contributed by atoms with Gasteiger partial charge < -0.3 is 9.52 Å². The quantitative estimate of drug-likeness (QED) is 0.796. The molecule has 5 heteroatoms. The van der Waals surface area contributed by atoms with Crippen LogP contribution in [0.25, 0.3) is 11.1 Å². The average molecular weight is 288 g/mol. The first-order chi connectivity index (χ1) is 9.65. The number of para-hydroxylation sites is 1. The summed E-state index contributed by atoms with van der Waals surface area (Å²) in [5.41, 5.74) is 1.83. The number of nitrogens with zero attached hydrogens (tertiary/aromatic N) is 1. The predicted octanol–water partition coefficient (Wildman–Crippen LogP) is 3.77. The van der Waals surface area contributed by atoms with E-state index in [0.29, 0.717) is 28.4 Å². The van der Waals surface area contributed by atoms with E-state index in [1.807, 2.05) is 18.2 Å². The largest absolute Gasteiger partial charge is 0.478 e. The molecule has 3 rings (SSSR count). The molecule has 0 spiro atoms. The van der Waals surface area contributed by atoms with Crippen LogP contribution in [0.5, 0.6) is 0 Å². The molecule has 3 aromatic rings. The Morgan fingerprint density at radius 2 is 2.00 bits per heavy atom. The van der Waals surface area contributed by atoms with Crippen molar-refractivity contribution < 1.29 is 14.3 Å². The Hall–Kier alpha value is -2.33. The third kappa shape index (κ3) is 2.26. The normalized spacial score (nSPS) is 10.8. The maximum Gasteiger partial charge on any atom is 0.339 e. The first-order valence-corrected chi connectivity index (χ1v) is 6.38. The van der Waals surface area contributed by atoms with Gasteiger partial charge >= 0.3 is 5.97 Å². The Bertz CT molecular complexity index is 795. The number of carbonyl (C=O) groups is 1. The van der Waals surface area contributed by atoms with Crippen LogP contribution in [0.15, 0.2) is 46.9 Å². The highest BCUT2D eigenvalue weighted by Gasteiger charge is 2.15. The third-order valence-corrected chi connectivity index (χ3v) is 3.36. The molecule has 0 amide bonds. The minimum atomic E-state index is -1.03. The summed E-state index contributed by atoms with van der Waals surface area (Å²) in [5, 5.41) is 9.75. The number of hydrogen-bond donors (Lipinski definition) is 1. The zero-order valence-corrected chi connectivity index (χ0v) is 11.1. The summed E-state index contributed by atoms with van der Waals surface area (Å²) in [6.07, 6.45) is 0.424. The number of rotatable bonds is 3. The van der Waals surface area contributed by atoms with Crippen LogP contribution in [0.1, 0.15) is 21.8 Å². The second-order valence-electron chi connectivity index (χ2n) is 4.33. The number of fused-ring (bicyclic) bond motifs is 1. The Morgan fingerprint density at radius 1 is 1.20 bits per heavy atom. The minimum Gasteiger partial charge on any atom is -0.478 e. The Kier molecular flexibility index (Phi) is 3.16. The second kappa shape index (κ2) is 4.98. The van der Waals surface area contributed by atoms with E-state index in [4.69, 9.17) is 21.1 Å². The van der Waals surface area contributed by atoms with Gasteiger partial charge in [-0.3, -0.25) is 0 Å². The average Bonchev–Trinajstić information content (AvgIpc) is 2.83. The number of aromatic carboxylic acids is 1. The molecule has 1 aromatic heterocycles. The van der Waals surface area contributed by atoms with Gasteiger partial charge in [-0.05, 0) is 23.8 Å². The third-order valence-electron chi connectivity index (χ3n) is 2.99. The lowest BCUT2D eigenvalue weighted by atomic mass is 10.1. The van der Waals surface area contributed by atoms with Crippen LogP contribution < -0.4 is 0 Å². The Labute approximate surface area is 119 Å². The van der Waals surface area contributed by atoms with Gasteiger partial charge in [-0.15, -0.1) is 0 Å². The van der Waals surface area contributed by atoms with Crippen molar-refractivity contribution in [2.24, 2.45) is 0 Å². The van der Waals surface area contributed by atoms with Gasteiger partial charge in [0.05, 0.1) is 6.42 Å². The van der Waals surface area contributed by atoms with Gasteiger partial charge in [0.1, 0.15) is 11.1 Å². The number of halogens is 1. The first-order valence-electron chi connectivity index (χ1n) is 6.00. The van der Waals surface area contributed by atoms with Crippen molar-refractivity contribution in [3.05, 3.63) is 64.5 Å². The molecule has 0 saturated heterocycles. The van der Waals surface area contributed by atoms with Crippen molar-refractivity contribution in [2.45, 2.75) is 6.42 Å². The highest BCUT2D eigenvalue weighted by Crippen LogP contribution is 2.24. The molecule has 0 unspecified atom stereocenters. The summed E-state index contributed by atoms with van der Waals surface area (Å²) in [7, 11) is 0. The fourth-order valence-electron chi connectivity index (χ4n) is 2.04. The van der Waals surface area contributed by atoms with Crippen molar-refractivity contribution in [2.75, 3.05) is 0 Å². The van der Waals surface area contributed by atoms with Crippen LogP contribution in [-0.2, 0) is 6.42 Å². The van der Waals surface area contributed by atoms with E-state index in [2.05, 4.69) is 4.98 Å². The fourth-order valence-corrected chi connectivity index (χ4v) is 2.25. The molecule has 0 aliphatic rings. The summed E-state index contributed by atoms with van der Waals surface area (Å²) in [6, 6.07) is 12.3. The topological polar surface area (TPSA) is 63.3 Å². The Morgan fingerprint density at radius 3 is 2.75 bits per heavy atom. The van der Waals surface area contributed by atoms with Gasteiger partial charge in [0.25, 0.3) is 0 Å². The highest BCUT2D eigenvalue weighted by atomic mass is 35.5. The van der Waals surface area contributed by atoms with Crippen LogP contribution in [-0.4, -0.2) is 16.1 Å². The molecule has 100 valence electrons. The summed E-state index contributed by atoms with van der Waals surface area (Å²) in [6.45, 7) is 0. The van der Waals surface area contributed by atoms with Crippen LogP contribution in [0.2, 0.25) is 5.02 Å². The molecular formula is C15H10ClNO3. The van der Waals surface area contributed by atoms with E-state index < -0.39 is 5.97 Å². The van der Waals surface area contributed by atoms with E-state index in [0.717, 1.165) is 5.56 Å². The predicted molar refractivity (Wildman–Crippen MR) is 75.2 cm³/mol. The summed E-state index contributed by atoms with van der Waals surface area (Å²) in [5.74, 6) is -0.585. The highest BCUT2D eigenvalue weighted by molar-refractivity contribution is 6.31. The number of aromatic nitrogens is 1. The molecule has 0 aliphatic carbocycles. The molecule has 0 atom stereocenters. The van der Waals surface area contributed by atoms with Crippen LogP contribution in [0.4, 0.5) is 0 Å². The van der Waals surface area contributed by atoms with Crippen molar-refractivity contribution in [1.82, 2.24) is 4.98 Å². The van der Waals surface area contributed by atoms with E-state index in [1.54, 1.807) is 18.2 Å². The number of carboxylic acid groups (broad SMARTS) is 1. The summed E-state index contributed by atoms with van der Waals surface area (Å²) < 4.78 is 5.57. The van der Waals surface area contributed by atoms with Crippen molar-refractivity contribution in [3.8, 4) is 0 Å². The van der Waals surface area contributed by atoms with Gasteiger partial charge in [-0.1, -0.05) is 35.9 Å². The molecule has 1 N–H and O–H groups in total. The molecular weight excluding hydrogens is 278 g/mol. The molecule has 4 nitrogen and oxygen atoms in total. The zero-order valence-electron chi connectivity index (χ0n) is 10.3. The Balaban J connectivity index is 2.04. The molecule has 0 bridgehead atoms. The smallest absolute Gasteiger partial charge is 0.339 e.